The number of nitrogens with one attached hydrogen (secondary N) is 2. The van der Waals surface area contributed by atoms with Gasteiger partial charge >= 0.3 is 6.03 Å². The Labute approximate surface area is 124 Å². The molecule has 0 aliphatic heterocycles. The van der Waals surface area contributed by atoms with Crippen molar-refractivity contribution in [2.24, 2.45) is 0 Å². The van der Waals surface area contributed by atoms with E-state index in [2.05, 4.69) is 10.6 Å². The standard InChI is InChI=1S/C14H21ClN2O3/c1-3-12(9-18)17-14(19)16-8-10(2)20-13-6-4-11(15)5-7-13/h4-7,10,12,18H,3,8-9H2,1-2H3,(H2,16,17,19). The first kappa shape index (κ1) is 16.6. The Bertz CT molecular complexity index is 407. The van der Waals surface area contributed by atoms with Crippen molar-refractivity contribution in [2.45, 2.75) is 32.4 Å². The highest BCUT2D eigenvalue weighted by Crippen LogP contribution is 2.16. The topological polar surface area (TPSA) is 70.6 Å². The maximum absolute atomic E-state index is 11.6. The molecule has 5 nitrogen and oxygen atoms in total. The Balaban J connectivity index is 2.30. The molecule has 0 spiro atoms. The van der Waals surface area contributed by atoms with Gasteiger partial charge in [-0.1, -0.05) is 18.5 Å². The van der Waals surface area contributed by atoms with Crippen LogP contribution in [0.15, 0.2) is 24.3 Å². The van der Waals surface area contributed by atoms with Gasteiger partial charge in [0.1, 0.15) is 11.9 Å². The second-order valence-electron chi connectivity index (χ2n) is 4.52. The van der Waals surface area contributed by atoms with Gasteiger partial charge in [-0.25, -0.2) is 4.79 Å². The van der Waals surface area contributed by atoms with Crippen molar-refractivity contribution in [1.29, 1.82) is 0 Å². The molecule has 20 heavy (non-hydrogen) atoms. The zero-order valence-electron chi connectivity index (χ0n) is 11.7. The number of aliphatic hydroxyl groups is 1. The molecule has 0 fully saturated rings. The minimum atomic E-state index is -0.308. The van der Waals surface area contributed by atoms with Crippen LogP contribution in [0.3, 0.4) is 0 Å². The lowest BCUT2D eigenvalue weighted by molar-refractivity contribution is 0.198. The largest absolute Gasteiger partial charge is 0.489 e. The van der Waals surface area contributed by atoms with Gasteiger partial charge in [0.25, 0.3) is 0 Å². The first-order valence-corrected chi connectivity index (χ1v) is 7.00. The molecule has 1 aromatic rings. The van der Waals surface area contributed by atoms with Crippen molar-refractivity contribution in [1.82, 2.24) is 10.6 Å². The van der Waals surface area contributed by atoms with E-state index in [0.29, 0.717) is 23.7 Å². The van der Waals surface area contributed by atoms with Crippen LogP contribution in [-0.2, 0) is 0 Å². The van der Waals surface area contributed by atoms with Gasteiger partial charge in [0.15, 0.2) is 0 Å². The predicted octanol–water partition coefficient (Wildman–Crippen LogP) is 2.18. The molecule has 6 heteroatoms. The predicted molar refractivity (Wildman–Crippen MR) is 79.2 cm³/mol. The number of carbonyl (C=O) groups excluding carboxylic acids is 1. The fourth-order valence-corrected chi connectivity index (χ4v) is 1.66. The summed E-state index contributed by atoms with van der Waals surface area (Å²) in [5.41, 5.74) is 0. The molecule has 0 heterocycles. The summed E-state index contributed by atoms with van der Waals surface area (Å²) in [5.74, 6) is 0.700. The van der Waals surface area contributed by atoms with Crippen molar-refractivity contribution in [3.05, 3.63) is 29.3 Å². The van der Waals surface area contributed by atoms with Crippen molar-refractivity contribution < 1.29 is 14.6 Å². The summed E-state index contributed by atoms with van der Waals surface area (Å²) in [6, 6.07) is 6.52. The number of hydrogen-bond acceptors (Lipinski definition) is 3. The van der Waals surface area contributed by atoms with Crippen molar-refractivity contribution in [3.63, 3.8) is 0 Å². The molecule has 0 radical (unpaired) electrons. The highest BCUT2D eigenvalue weighted by Gasteiger charge is 2.10. The Morgan fingerprint density at radius 3 is 2.60 bits per heavy atom. The van der Waals surface area contributed by atoms with Gasteiger partial charge in [-0.15, -0.1) is 0 Å². The first-order chi connectivity index (χ1) is 9.55. The Morgan fingerprint density at radius 1 is 1.40 bits per heavy atom. The normalized spacial score (nSPS) is 13.4. The number of hydrogen-bond donors (Lipinski definition) is 3. The van der Waals surface area contributed by atoms with Gasteiger partial charge in [0.05, 0.1) is 19.2 Å². The average molecular weight is 301 g/mol. The molecule has 0 aliphatic rings. The second kappa shape index (κ2) is 8.66. The van der Waals surface area contributed by atoms with E-state index < -0.39 is 0 Å². The number of urea groups is 1. The van der Waals surface area contributed by atoms with Crippen LogP contribution in [0.4, 0.5) is 4.79 Å². The van der Waals surface area contributed by atoms with Crippen LogP contribution >= 0.6 is 11.6 Å². The number of ether oxygens (including phenoxy) is 1. The molecule has 2 amide bonds. The Morgan fingerprint density at radius 2 is 2.05 bits per heavy atom. The summed E-state index contributed by atoms with van der Waals surface area (Å²) in [5, 5.41) is 15.0. The second-order valence-corrected chi connectivity index (χ2v) is 4.96. The van der Waals surface area contributed by atoms with Crippen LogP contribution in [0.1, 0.15) is 20.3 Å². The number of benzene rings is 1. The third-order valence-corrected chi connectivity index (χ3v) is 3.00. The van der Waals surface area contributed by atoms with Gasteiger partial charge in [0.2, 0.25) is 0 Å². The molecule has 0 aliphatic carbocycles. The maximum Gasteiger partial charge on any atom is 0.315 e. The lowest BCUT2D eigenvalue weighted by Crippen LogP contribution is -2.46. The third-order valence-electron chi connectivity index (χ3n) is 2.75. The lowest BCUT2D eigenvalue weighted by Gasteiger charge is -2.18. The van der Waals surface area contributed by atoms with Crippen LogP contribution in [0, 0.1) is 0 Å². The van der Waals surface area contributed by atoms with Crippen molar-refractivity contribution in [2.75, 3.05) is 13.2 Å². The summed E-state index contributed by atoms with van der Waals surface area (Å²) in [4.78, 5) is 11.6. The van der Waals surface area contributed by atoms with Crippen LogP contribution in [0.2, 0.25) is 5.02 Å². The summed E-state index contributed by atoms with van der Waals surface area (Å²) in [6.45, 7) is 4.06. The van der Waals surface area contributed by atoms with Crippen LogP contribution < -0.4 is 15.4 Å². The van der Waals surface area contributed by atoms with E-state index in [1.807, 2.05) is 13.8 Å². The van der Waals surface area contributed by atoms with Gasteiger partial charge in [-0.05, 0) is 37.6 Å². The monoisotopic (exact) mass is 300 g/mol. The minimum absolute atomic E-state index is 0.0687. The van der Waals surface area contributed by atoms with Crippen LogP contribution in [0.5, 0.6) is 5.75 Å². The quantitative estimate of drug-likeness (QED) is 0.723. The Kier molecular flexibility index (Phi) is 7.18. The van der Waals surface area contributed by atoms with E-state index in [4.69, 9.17) is 21.4 Å². The molecule has 112 valence electrons. The fraction of sp³-hybridized carbons (Fsp3) is 0.500. The minimum Gasteiger partial charge on any atom is -0.489 e. The smallest absolute Gasteiger partial charge is 0.315 e. The molecular weight excluding hydrogens is 280 g/mol. The van der Waals surface area contributed by atoms with Crippen molar-refractivity contribution >= 4 is 17.6 Å². The highest BCUT2D eigenvalue weighted by molar-refractivity contribution is 6.30. The van der Waals surface area contributed by atoms with E-state index in [-0.39, 0.29) is 24.8 Å². The molecule has 0 saturated carbocycles. The zero-order valence-corrected chi connectivity index (χ0v) is 12.5. The van der Waals surface area contributed by atoms with Crippen LogP contribution in [-0.4, -0.2) is 36.4 Å². The zero-order chi connectivity index (χ0) is 15.0. The summed E-state index contributed by atoms with van der Waals surface area (Å²) < 4.78 is 5.63. The highest BCUT2D eigenvalue weighted by atomic mass is 35.5. The van der Waals surface area contributed by atoms with Gasteiger partial charge in [-0.2, -0.15) is 0 Å². The fourth-order valence-electron chi connectivity index (χ4n) is 1.54. The van der Waals surface area contributed by atoms with E-state index in [9.17, 15) is 4.79 Å². The molecule has 2 unspecified atom stereocenters. The first-order valence-electron chi connectivity index (χ1n) is 6.62. The van der Waals surface area contributed by atoms with E-state index in [1.165, 1.54) is 0 Å². The van der Waals surface area contributed by atoms with Gasteiger partial charge in [0, 0.05) is 5.02 Å². The molecule has 0 bridgehead atoms. The summed E-state index contributed by atoms with van der Waals surface area (Å²) >= 11 is 5.79. The van der Waals surface area contributed by atoms with E-state index >= 15 is 0 Å². The Hall–Kier alpha value is -1.46. The van der Waals surface area contributed by atoms with Crippen LogP contribution in [0.25, 0.3) is 0 Å². The molecule has 1 aromatic carbocycles. The summed E-state index contributed by atoms with van der Waals surface area (Å²) in [6.07, 6.45) is 0.511. The maximum atomic E-state index is 11.6. The molecule has 0 saturated heterocycles. The molecule has 3 N–H and O–H groups in total. The van der Waals surface area contributed by atoms with Gasteiger partial charge in [-0.3, -0.25) is 0 Å². The number of halogens is 1. The summed E-state index contributed by atoms with van der Waals surface area (Å²) in [7, 11) is 0. The van der Waals surface area contributed by atoms with E-state index in [1.54, 1.807) is 24.3 Å². The number of rotatable bonds is 7. The number of amides is 2. The third kappa shape index (κ3) is 6.12. The lowest BCUT2D eigenvalue weighted by atomic mass is 10.2. The number of carbonyl (C=O) groups is 1. The van der Waals surface area contributed by atoms with Crippen molar-refractivity contribution in [3.8, 4) is 5.75 Å². The van der Waals surface area contributed by atoms with Gasteiger partial charge < -0.3 is 20.5 Å². The van der Waals surface area contributed by atoms with E-state index in [0.717, 1.165) is 0 Å². The SMILES string of the molecule is CCC(CO)NC(=O)NCC(C)Oc1ccc(Cl)cc1. The molecule has 1 rings (SSSR count). The molecular formula is C14H21ClN2O3. The molecule has 2 atom stereocenters. The number of aliphatic hydroxyl groups excluding tert-OH is 1. The average Bonchev–Trinajstić information content (AvgIpc) is 2.45. The molecule has 0 aromatic heterocycles.